The molecule has 1 saturated heterocycles. The Bertz CT molecular complexity index is 456. The molecule has 4 nitrogen and oxygen atoms in total. The fraction of sp³-hybridized carbons (Fsp3) is 0.462. The second-order valence-corrected chi connectivity index (χ2v) is 4.93. The zero-order valence-electron chi connectivity index (χ0n) is 10.2. The maximum atomic E-state index is 12.0. The fourth-order valence-electron chi connectivity index (χ4n) is 2.03. The predicted octanol–water partition coefficient (Wildman–Crippen LogP) is 2.72. The molecule has 0 aromatic heterocycles. The molecule has 0 saturated carbocycles. The lowest BCUT2D eigenvalue weighted by Crippen LogP contribution is -2.28. The van der Waals surface area contributed by atoms with Crippen LogP contribution in [0.25, 0.3) is 0 Å². The molecular formula is C13H16ClNO3. The molecule has 0 atom stereocenters. The minimum absolute atomic E-state index is 0.0579. The van der Waals surface area contributed by atoms with Crippen molar-refractivity contribution in [3.8, 4) is 5.75 Å². The first-order valence-corrected chi connectivity index (χ1v) is 6.33. The van der Waals surface area contributed by atoms with Gasteiger partial charge in [0, 0.05) is 24.2 Å². The Morgan fingerprint density at radius 1 is 1.44 bits per heavy atom. The Morgan fingerprint density at radius 3 is 2.78 bits per heavy atom. The average molecular weight is 270 g/mol. The Balaban J connectivity index is 2.11. The molecule has 2 N–H and O–H groups in total. The van der Waals surface area contributed by atoms with Crippen molar-refractivity contribution in [1.82, 2.24) is 0 Å². The van der Waals surface area contributed by atoms with Gasteiger partial charge in [0.1, 0.15) is 5.75 Å². The van der Waals surface area contributed by atoms with Crippen LogP contribution in [0.1, 0.15) is 18.4 Å². The number of amides is 1. The predicted molar refractivity (Wildman–Crippen MR) is 70.0 cm³/mol. The van der Waals surface area contributed by atoms with Gasteiger partial charge in [0.15, 0.2) is 0 Å². The van der Waals surface area contributed by atoms with Crippen LogP contribution in [0.2, 0.25) is 5.02 Å². The molecule has 0 bridgehead atoms. The normalized spacial score (nSPS) is 16.6. The molecule has 2 rings (SSSR count). The number of anilines is 1. The minimum Gasteiger partial charge on any atom is -0.505 e. The van der Waals surface area contributed by atoms with Crippen LogP contribution in [-0.4, -0.2) is 24.2 Å². The van der Waals surface area contributed by atoms with Crippen molar-refractivity contribution in [2.45, 2.75) is 19.8 Å². The first-order chi connectivity index (χ1) is 8.58. The fourth-order valence-corrected chi connectivity index (χ4v) is 2.30. The van der Waals surface area contributed by atoms with E-state index < -0.39 is 0 Å². The third kappa shape index (κ3) is 2.94. The Morgan fingerprint density at radius 2 is 2.11 bits per heavy atom. The van der Waals surface area contributed by atoms with E-state index in [-0.39, 0.29) is 17.6 Å². The first kappa shape index (κ1) is 13.2. The number of nitrogens with one attached hydrogen (secondary N) is 1. The second kappa shape index (κ2) is 5.59. The van der Waals surface area contributed by atoms with Gasteiger partial charge in [0.2, 0.25) is 5.91 Å². The van der Waals surface area contributed by atoms with E-state index in [0.29, 0.717) is 42.3 Å². The number of rotatable bonds is 2. The van der Waals surface area contributed by atoms with E-state index in [1.165, 1.54) is 0 Å². The number of hydrogen-bond donors (Lipinski definition) is 2. The van der Waals surface area contributed by atoms with Crippen LogP contribution < -0.4 is 5.32 Å². The van der Waals surface area contributed by atoms with Crippen molar-refractivity contribution >= 4 is 23.2 Å². The maximum absolute atomic E-state index is 12.0. The first-order valence-electron chi connectivity index (χ1n) is 5.95. The number of aryl methyl sites for hydroxylation is 1. The van der Waals surface area contributed by atoms with Crippen LogP contribution in [0.15, 0.2) is 12.1 Å². The number of carbonyl (C=O) groups excluding carboxylic acids is 1. The number of benzene rings is 1. The van der Waals surface area contributed by atoms with Gasteiger partial charge in [-0.05, 0) is 37.5 Å². The van der Waals surface area contributed by atoms with Crippen molar-refractivity contribution in [1.29, 1.82) is 0 Å². The van der Waals surface area contributed by atoms with E-state index in [1.807, 2.05) is 0 Å². The molecule has 1 amide bonds. The van der Waals surface area contributed by atoms with Crippen LogP contribution in [0.5, 0.6) is 5.75 Å². The molecule has 0 radical (unpaired) electrons. The van der Waals surface area contributed by atoms with Gasteiger partial charge in [0.25, 0.3) is 0 Å². The lowest BCUT2D eigenvalue weighted by molar-refractivity contribution is -0.122. The van der Waals surface area contributed by atoms with E-state index in [9.17, 15) is 9.90 Å². The van der Waals surface area contributed by atoms with Gasteiger partial charge in [-0.2, -0.15) is 0 Å². The molecule has 0 aliphatic carbocycles. The zero-order valence-corrected chi connectivity index (χ0v) is 11.0. The largest absolute Gasteiger partial charge is 0.505 e. The van der Waals surface area contributed by atoms with Gasteiger partial charge in [0.05, 0.1) is 5.69 Å². The summed E-state index contributed by atoms with van der Waals surface area (Å²) in [6.45, 7) is 2.96. The summed E-state index contributed by atoms with van der Waals surface area (Å²) in [5.74, 6) is -0.0764. The lowest BCUT2D eigenvalue weighted by atomic mass is 9.99. The maximum Gasteiger partial charge on any atom is 0.227 e. The summed E-state index contributed by atoms with van der Waals surface area (Å²) < 4.78 is 5.21. The second-order valence-electron chi connectivity index (χ2n) is 4.49. The lowest BCUT2D eigenvalue weighted by Gasteiger charge is -2.21. The number of phenols is 1. The zero-order chi connectivity index (χ0) is 13.1. The van der Waals surface area contributed by atoms with Crippen molar-refractivity contribution in [2.75, 3.05) is 18.5 Å². The Labute approximate surface area is 111 Å². The van der Waals surface area contributed by atoms with Gasteiger partial charge in [-0.15, -0.1) is 0 Å². The minimum atomic E-state index is -0.0877. The molecule has 0 unspecified atom stereocenters. The van der Waals surface area contributed by atoms with Gasteiger partial charge < -0.3 is 15.2 Å². The van der Waals surface area contributed by atoms with E-state index in [1.54, 1.807) is 19.1 Å². The van der Waals surface area contributed by atoms with E-state index in [4.69, 9.17) is 16.3 Å². The highest BCUT2D eigenvalue weighted by molar-refractivity contribution is 6.31. The number of carbonyl (C=O) groups is 1. The van der Waals surface area contributed by atoms with Crippen molar-refractivity contribution in [3.05, 3.63) is 22.7 Å². The van der Waals surface area contributed by atoms with Gasteiger partial charge in [-0.25, -0.2) is 0 Å². The topological polar surface area (TPSA) is 58.6 Å². The molecule has 1 heterocycles. The highest BCUT2D eigenvalue weighted by atomic mass is 35.5. The smallest absolute Gasteiger partial charge is 0.227 e. The number of halogens is 1. The van der Waals surface area contributed by atoms with Crippen LogP contribution in [0.4, 0.5) is 5.69 Å². The number of phenolic OH excluding ortho intramolecular Hbond substituents is 1. The summed E-state index contributed by atoms with van der Waals surface area (Å²) in [6.07, 6.45) is 1.43. The molecule has 1 aromatic carbocycles. The van der Waals surface area contributed by atoms with Crippen molar-refractivity contribution < 1.29 is 14.6 Å². The van der Waals surface area contributed by atoms with Gasteiger partial charge in [-0.3, -0.25) is 4.79 Å². The Hall–Kier alpha value is -1.26. The molecule has 5 heteroatoms. The molecule has 1 fully saturated rings. The SMILES string of the molecule is Cc1cc(Cl)cc(NC(=O)C2CCOCC2)c1O. The van der Waals surface area contributed by atoms with Crippen molar-refractivity contribution in [3.63, 3.8) is 0 Å². The van der Waals surface area contributed by atoms with E-state index in [2.05, 4.69) is 5.32 Å². The Kier molecular flexibility index (Phi) is 4.09. The van der Waals surface area contributed by atoms with Crippen LogP contribution in [0, 0.1) is 12.8 Å². The molecule has 1 aliphatic heterocycles. The van der Waals surface area contributed by atoms with Crippen LogP contribution in [-0.2, 0) is 9.53 Å². The third-order valence-electron chi connectivity index (χ3n) is 3.12. The molecule has 18 heavy (non-hydrogen) atoms. The summed E-state index contributed by atoms with van der Waals surface area (Å²) in [7, 11) is 0. The highest BCUT2D eigenvalue weighted by Gasteiger charge is 2.22. The number of hydrogen-bond acceptors (Lipinski definition) is 3. The molecule has 1 aromatic rings. The molecule has 1 aliphatic rings. The van der Waals surface area contributed by atoms with Crippen LogP contribution >= 0.6 is 11.6 Å². The van der Waals surface area contributed by atoms with Crippen LogP contribution in [0.3, 0.4) is 0 Å². The summed E-state index contributed by atoms with van der Waals surface area (Å²) in [6, 6.07) is 3.21. The standard InChI is InChI=1S/C13H16ClNO3/c1-8-6-10(14)7-11(12(8)16)15-13(17)9-2-4-18-5-3-9/h6-7,9,16H,2-5H2,1H3,(H,15,17). The summed E-state index contributed by atoms with van der Waals surface area (Å²) in [5, 5.41) is 13.1. The third-order valence-corrected chi connectivity index (χ3v) is 3.33. The summed E-state index contributed by atoms with van der Waals surface area (Å²) >= 11 is 5.91. The van der Waals surface area contributed by atoms with Gasteiger partial charge >= 0.3 is 0 Å². The molecule has 0 spiro atoms. The summed E-state index contributed by atoms with van der Waals surface area (Å²) in [4.78, 5) is 12.0. The highest BCUT2D eigenvalue weighted by Crippen LogP contribution is 2.31. The van der Waals surface area contributed by atoms with E-state index >= 15 is 0 Å². The van der Waals surface area contributed by atoms with E-state index in [0.717, 1.165) is 0 Å². The average Bonchev–Trinajstić information content (AvgIpc) is 2.36. The quantitative estimate of drug-likeness (QED) is 0.812. The number of aromatic hydroxyl groups is 1. The summed E-state index contributed by atoms with van der Waals surface area (Å²) in [5.41, 5.74) is 1.02. The van der Waals surface area contributed by atoms with Crippen molar-refractivity contribution in [2.24, 2.45) is 5.92 Å². The molecular weight excluding hydrogens is 254 g/mol. The monoisotopic (exact) mass is 269 g/mol. The molecule has 98 valence electrons. The number of ether oxygens (including phenoxy) is 1. The van der Waals surface area contributed by atoms with Gasteiger partial charge in [-0.1, -0.05) is 11.6 Å².